The van der Waals surface area contributed by atoms with E-state index in [-0.39, 0.29) is 35.6 Å². The zero-order valence-corrected chi connectivity index (χ0v) is 21.1. The Balaban J connectivity index is 1.56. The van der Waals surface area contributed by atoms with Gasteiger partial charge in [-0.05, 0) is 104 Å². The Morgan fingerprint density at radius 3 is 2.31 bits per heavy atom. The summed E-state index contributed by atoms with van der Waals surface area (Å²) >= 11 is 0. The van der Waals surface area contributed by atoms with Crippen molar-refractivity contribution in [3.63, 3.8) is 0 Å². The molecule has 0 radical (unpaired) electrons. The van der Waals surface area contributed by atoms with Crippen molar-refractivity contribution in [3.8, 4) is 0 Å². The number of hydrogen-bond donors (Lipinski definition) is 3. The van der Waals surface area contributed by atoms with Gasteiger partial charge in [-0.3, -0.25) is 4.55 Å². The first-order valence-electron chi connectivity index (χ1n) is 12.9. The smallest absolute Gasteiger partial charge is 0.393 e. The number of fused-ring (bicyclic) bond motifs is 5. The van der Waals surface area contributed by atoms with Gasteiger partial charge in [-0.25, -0.2) is 4.18 Å². The zero-order valence-electron chi connectivity index (χ0n) is 20.2. The normalized spacial score (nSPS) is 49.7. The summed E-state index contributed by atoms with van der Waals surface area (Å²) in [7, 11) is -4.39. The Labute approximate surface area is 194 Å². The maximum Gasteiger partial charge on any atom is 0.397 e. The lowest BCUT2D eigenvalue weighted by molar-refractivity contribution is -0.203. The first kappa shape index (κ1) is 24.9. The van der Waals surface area contributed by atoms with Crippen molar-refractivity contribution in [2.75, 3.05) is 6.61 Å². The summed E-state index contributed by atoms with van der Waals surface area (Å²) in [5, 5.41) is 22.1. The van der Waals surface area contributed by atoms with Gasteiger partial charge in [0.2, 0.25) is 0 Å². The largest absolute Gasteiger partial charge is 0.397 e. The van der Waals surface area contributed by atoms with Crippen molar-refractivity contribution in [2.45, 2.75) is 97.7 Å². The van der Waals surface area contributed by atoms with Gasteiger partial charge in [-0.1, -0.05) is 34.1 Å². The fourth-order valence-corrected chi connectivity index (χ4v) is 9.78. The van der Waals surface area contributed by atoms with E-state index in [1.165, 1.54) is 0 Å². The van der Waals surface area contributed by atoms with Crippen LogP contribution in [0, 0.1) is 52.3 Å². The summed E-state index contributed by atoms with van der Waals surface area (Å²) in [6.07, 6.45) is 8.38. The molecule has 4 aliphatic carbocycles. The molecule has 0 heterocycles. The summed E-state index contributed by atoms with van der Waals surface area (Å²) in [6, 6.07) is 0. The molecule has 186 valence electrons. The Bertz CT molecular complexity index is 785. The molecule has 7 heteroatoms. The molecule has 4 rings (SSSR count). The van der Waals surface area contributed by atoms with Crippen molar-refractivity contribution in [3.05, 3.63) is 0 Å². The molecule has 3 N–H and O–H groups in total. The molecule has 32 heavy (non-hydrogen) atoms. The van der Waals surface area contributed by atoms with Gasteiger partial charge in [0.25, 0.3) is 0 Å². The van der Waals surface area contributed by atoms with Crippen molar-refractivity contribution >= 4 is 10.4 Å². The molecule has 6 nitrogen and oxygen atoms in total. The Hall–Kier alpha value is -0.210. The molecular weight excluding hydrogens is 428 g/mol. The van der Waals surface area contributed by atoms with E-state index in [0.29, 0.717) is 41.9 Å². The SMILES string of the molecule is CC[C@H]1[C@@H](O)[C@H]2C3CC[C@H]([C@H](C)CCOS(=O)(=O)O)[C@@]3(C)CCC2[C@@]2(C)CC[C@@H](O)C[C@@H]12. The maximum absolute atomic E-state index is 11.7. The van der Waals surface area contributed by atoms with Crippen molar-refractivity contribution in [1.29, 1.82) is 0 Å². The van der Waals surface area contributed by atoms with Crippen molar-refractivity contribution < 1.29 is 27.4 Å². The van der Waals surface area contributed by atoms with E-state index in [9.17, 15) is 18.6 Å². The molecule has 0 bridgehead atoms. The van der Waals surface area contributed by atoms with Crippen molar-refractivity contribution in [2.24, 2.45) is 52.3 Å². The molecule has 0 spiro atoms. The third-order valence-electron chi connectivity index (χ3n) is 11.0. The lowest BCUT2D eigenvalue weighted by Crippen LogP contribution is -2.62. The van der Waals surface area contributed by atoms with Gasteiger partial charge in [-0.15, -0.1) is 0 Å². The second-order valence-corrected chi connectivity index (χ2v) is 13.2. The minimum absolute atomic E-state index is 0.0198. The summed E-state index contributed by atoms with van der Waals surface area (Å²) in [4.78, 5) is 0. The predicted molar refractivity (Wildman–Crippen MR) is 123 cm³/mol. The lowest BCUT2D eigenvalue weighted by atomic mass is 9.41. The molecule has 2 unspecified atom stereocenters. The number of aliphatic hydroxyl groups excluding tert-OH is 2. The molecule has 0 aliphatic heterocycles. The van der Waals surface area contributed by atoms with Crippen LogP contribution in [0.4, 0.5) is 0 Å². The minimum Gasteiger partial charge on any atom is -0.393 e. The summed E-state index contributed by atoms with van der Waals surface area (Å²) in [5.74, 6) is 2.78. The predicted octanol–water partition coefficient (Wildman–Crippen LogP) is 4.46. The van der Waals surface area contributed by atoms with E-state index < -0.39 is 10.4 Å². The topological polar surface area (TPSA) is 104 Å². The molecule has 11 atom stereocenters. The molecule has 0 aromatic rings. The van der Waals surface area contributed by atoms with Gasteiger partial charge in [-0.2, -0.15) is 8.42 Å². The second kappa shape index (κ2) is 8.78. The highest BCUT2D eigenvalue weighted by Crippen LogP contribution is 2.69. The van der Waals surface area contributed by atoms with Gasteiger partial charge in [0, 0.05) is 0 Å². The minimum atomic E-state index is -4.39. The number of aliphatic hydroxyl groups is 2. The zero-order chi connectivity index (χ0) is 23.5. The molecule has 4 fully saturated rings. The van der Waals surface area contributed by atoms with Crippen LogP contribution < -0.4 is 0 Å². The van der Waals surface area contributed by atoms with Crippen LogP contribution in [0.25, 0.3) is 0 Å². The second-order valence-electron chi connectivity index (χ2n) is 12.1. The van der Waals surface area contributed by atoms with E-state index in [1.54, 1.807) is 0 Å². The van der Waals surface area contributed by atoms with E-state index in [4.69, 9.17) is 4.55 Å². The fraction of sp³-hybridized carbons (Fsp3) is 1.00. The summed E-state index contributed by atoms with van der Waals surface area (Å²) in [6.45, 7) is 9.28. The molecule has 4 aliphatic rings. The molecule has 0 aromatic heterocycles. The van der Waals surface area contributed by atoms with Crippen LogP contribution >= 0.6 is 0 Å². The van der Waals surface area contributed by atoms with E-state index in [1.807, 2.05) is 0 Å². The summed E-state index contributed by atoms with van der Waals surface area (Å²) < 4.78 is 35.4. The van der Waals surface area contributed by atoms with Crippen LogP contribution in [0.5, 0.6) is 0 Å². The molecule has 0 aromatic carbocycles. The van der Waals surface area contributed by atoms with Gasteiger partial charge in [0.1, 0.15) is 0 Å². The van der Waals surface area contributed by atoms with Crippen LogP contribution in [0.2, 0.25) is 0 Å². The van der Waals surface area contributed by atoms with Crippen LogP contribution in [-0.4, -0.2) is 42.0 Å². The third kappa shape index (κ3) is 4.08. The fourth-order valence-electron chi connectivity index (χ4n) is 9.47. The maximum atomic E-state index is 11.7. The number of rotatable bonds is 6. The van der Waals surface area contributed by atoms with Crippen LogP contribution in [0.3, 0.4) is 0 Å². The van der Waals surface area contributed by atoms with Gasteiger partial charge in [0.05, 0.1) is 18.8 Å². The van der Waals surface area contributed by atoms with Crippen LogP contribution in [-0.2, 0) is 14.6 Å². The highest BCUT2D eigenvalue weighted by Gasteiger charge is 2.64. The first-order valence-corrected chi connectivity index (χ1v) is 14.3. The van der Waals surface area contributed by atoms with Crippen LogP contribution in [0.1, 0.15) is 85.5 Å². The molecule has 0 amide bonds. The lowest BCUT2D eigenvalue weighted by Gasteiger charge is -2.64. The Morgan fingerprint density at radius 1 is 1.00 bits per heavy atom. The monoisotopic (exact) mass is 472 g/mol. The molecule has 4 saturated carbocycles. The molecular formula is C25H44O6S. The quantitative estimate of drug-likeness (QED) is 0.493. The van der Waals surface area contributed by atoms with Gasteiger partial charge >= 0.3 is 10.4 Å². The van der Waals surface area contributed by atoms with Crippen molar-refractivity contribution in [1.82, 2.24) is 0 Å². The van der Waals surface area contributed by atoms with Crippen LogP contribution in [0.15, 0.2) is 0 Å². The van der Waals surface area contributed by atoms with Gasteiger partial charge < -0.3 is 10.2 Å². The average Bonchev–Trinajstić information content (AvgIpc) is 3.06. The number of hydrogen-bond acceptors (Lipinski definition) is 5. The van der Waals surface area contributed by atoms with E-state index >= 15 is 0 Å². The molecule has 0 saturated heterocycles. The van der Waals surface area contributed by atoms with E-state index in [0.717, 1.165) is 51.4 Å². The highest BCUT2D eigenvalue weighted by atomic mass is 32.3. The third-order valence-corrected chi connectivity index (χ3v) is 11.4. The summed E-state index contributed by atoms with van der Waals surface area (Å²) in [5.41, 5.74) is 0.355. The Kier molecular flexibility index (Phi) is 6.83. The highest BCUT2D eigenvalue weighted by molar-refractivity contribution is 7.80. The Morgan fingerprint density at radius 2 is 1.66 bits per heavy atom. The van der Waals surface area contributed by atoms with E-state index in [2.05, 4.69) is 31.9 Å². The van der Waals surface area contributed by atoms with Gasteiger partial charge in [0.15, 0.2) is 0 Å². The average molecular weight is 473 g/mol. The standard InChI is InChI=1S/C25H44O6S/c1-5-17-21-14-16(26)8-11-25(21,4)20-9-12-24(3)18(6-7-19(24)22(20)23(17)27)15(2)10-13-31-32(28,29)30/h15-23,26-27H,5-14H2,1-4H3,(H,28,29,30)/t15-,16-,17-,18-,19?,20?,21+,22+,23-,24-,25-/m1/s1. The first-order chi connectivity index (χ1) is 14.9.